The van der Waals surface area contributed by atoms with Crippen molar-refractivity contribution >= 4 is 28.5 Å². The topological polar surface area (TPSA) is 62.8 Å². The average Bonchev–Trinajstić information content (AvgIpc) is 3.20. The molecule has 2 heterocycles. The summed E-state index contributed by atoms with van der Waals surface area (Å²) in [6.07, 6.45) is 1.55. The highest BCUT2D eigenvalue weighted by Crippen LogP contribution is 2.28. The van der Waals surface area contributed by atoms with Crippen LogP contribution in [0.5, 0.6) is 5.75 Å². The van der Waals surface area contributed by atoms with E-state index in [1.807, 2.05) is 68.4 Å². The minimum Gasteiger partial charge on any atom is -0.497 e. The zero-order chi connectivity index (χ0) is 19.9. The largest absolute Gasteiger partial charge is 0.497 e. The molecule has 0 amide bonds. The molecule has 5 nitrogen and oxygen atoms in total. The van der Waals surface area contributed by atoms with Gasteiger partial charge in [-0.3, -0.25) is 0 Å². The number of hydrogen-bond acceptors (Lipinski definition) is 4. The van der Waals surface area contributed by atoms with Crippen molar-refractivity contribution in [1.82, 2.24) is 15.0 Å². The lowest BCUT2D eigenvalue weighted by Gasteiger charge is -2.06. The summed E-state index contributed by atoms with van der Waals surface area (Å²) < 4.78 is 5.31. The Bertz CT molecular complexity index is 1040. The van der Waals surface area contributed by atoms with Crippen molar-refractivity contribution in [2.24, 2.45) is 0 Å². The molecule has 2 N–H and O–H groups in total. The first-order chi connectivity index (χ1) is 13.7. The van der Waals surface area contributed by atoms with Gasteiger partial charge in [-0.25, -0.2) is 9.97 Å². The number of anilines is 1. The van der Waals surface area contributed by atoms with Crippen molar-refractivity contribution in [1.29, 1.82) is 0 Å². The van der Waals surface area contributed by atoms with Gasteiger partial charge in [0.25, 0.3) is 0 Å². The molecule has 144 valence electrons. The normalized spacial score (nSPS) is 10.3. The second-order valence-electron chi connectivity index (χ2n) is 5.88. The van der Waals surface area contributed by atoms with E-state index < -0.39 is 0 Å². The summed E-state index contributed by atoms with van der Waals surface area (Å²) in [4.78, 5) is 12.1. The zero-order valence-electron chi connectivity index (χ0n) is 16.2. The molecule has 0 atom stereocenters. The van der Waals surface area contributed by atoms with E-state index >= 15 is 0 Å². The van der Waals surface area contributed by atoms with E-state index in [1.165, 1.54) is 0 Å². The van der Waals surface area contributed by atoms with Gasteiger partial charge >= 0.3 is 0 Å². The molecule has 0 bridgehead atoms. The van der Waals surface area contributed by atoms with Gasteiger partial charge in [-0.05, 0) is 35.9 Å². The number of halogens is 1. The maximum absolute atomic E-state index is 5.94. The molecule has 6 heteroatoms. The number of rotatable bonds is 5. The Morgan fingerprint density at radius 1 is 1.04 bits per heavy atom. The number of hydrogen-bond donors (Lipinski definition) is 2. The van der Waals surface area contributed by atoms with E-state index in [0.717, 1.165) is 44.4 Å². The Balaban J connectivity index is 0.00000109. The number of fused-ring (bicyclic) bond motifs is 1. The second-order valence-corrected chi connectivity index (χ2v) is 6.32. The zero-order valence-corrected chi connectivity index (χ0v) is 16.9. The van der Waals surface area contributed by atoms with Gasteiger partial charge in [0.1, 0.15) is 23.5 Å². The molecule has 0 aliphatic heterocycles. The number of nitrogens with zero attached hydrogens (tertiary/aromatic N) is 2. The van der Waals surface area contributed by atoms with Gasteiger partial charge in [-0.15, -0.1) is 0 Å². The van der Waals surface area contributed by atoms with Gasteiger partial charge < -0.3 is 15.0 Å². The Morgan fingerprint density at radius 2 is 1.82 bits per heavy atom. The minimum atomic E-state index is 0.656. The molecule has 2 aromatic carbocycles. The lowest BCUT2D eigenvalue weighted by molar-refractivity contribution is 0.415. The Hall–Kier alpha value is -3.05. The van der Waals surface area contributed by atoms with Gasteiger partial charge in [0.15, 0.2) is 0 Å². The molecule has 4 rings (SSSR count). The molecular formula is C22H23ClN4O. The molecule has 0 radical (unpaired) electrons. The van der Waals surface area contributed by atoms with Crippen LogP contribution in [0.15, 0.2) is 60.9 Å². The first-order valence-electron chi connectivity index (χ1n) is 9.19. The number of H-pyrrole nitrogens is 1. The van der Waals surface area contributed by atoms with Crippen LogP contribution >= 0.6 is 11.6 Å². The number of methoxy groups -OCH3 is 1. The molecular weight excluding hydrogens is 372 g/mol. The number of aromatic nitrogens is 3. The number of nitrogens with one attached hydrogen (secondary N) is 2. The lowest BCUT2D eigenvalue weighted by Crippen LogP contribution is -2.01. The fourth-order valence-electron chi connectivity index (χ4n) is 2.81. The van der Waals surface area contributed by atoms with E-state index in [9.17, 15) is 0 Å². The Kier molecular flexibility index (Phi) is 6.50. The van der Waals surface area contributed by atoms with Crippen molar-refractivity contribution in [3.05, 3.63) is 71.5 Å². The molecule has 0 saturated heterocycles. The summed E-state index contributed by atoms with van der Waals surface area (Å²) in [5.41, 5.74) is 3.92. The van der Waals surface area contributed by atoms with E-state index in [-0.39, 0.29) is 0 Å². The molecule has 4 aromatic rings. The van der Waals surface area contributed by atoms with Gasteiger partial charge in [-0.2, -0.15) is 0 Å². The van der Waals surface area contributed by atoms with Gasteiger partial charge in [-0.1, -0.05) is 49.7 Å². The smallest absolute Gasteiger partial charge is 0.143 e. The summed E-state index contributed by atoms with van der Waals surface area (Å²) in [6, 6.07) is 17.7. The Labute approximate surface area is 169 Å². The Morgan fingerprint density at radius 3 is 2.57 bits per heavy atom. The highest BCUT2D eigenvalue weighted by Gasteiger charge is 2.10. The van der Waals surface area contributed by atoms with Crippen LogP contribution in [0.1, 0.15) is 19.4 Å². The van der Waals surface area contributed by atoms with Crippen LogP contribution in [-0.4, -0.2) is 22.1 Å². The van der Waals surface area contributed by atoms with Crippen LogP contribution in [0, 0.1) is 0 Å². The van der Waals surface area contributed by atoms with Crippen LogP contribution in [0.3, 0.4) is 0 Å². The standard InChI is InChI=1S/C20H17ClN4O.C2H6/c1-26-16-4-2-3-14(9-16)18-10-17-19(23-12-24-20(17)25-18)22-11-13-5-7-15(21)8-6-13;1-2/h2-10,12H,11H2,1H3,(H2,22,23,24,25);1-2H3. The van der Waals surface area contributed by atoms with Crippen LogP contribution in [-0.2, 0) is 6.54 Å². The third kappa shape index (κ3) is 4.43. The van der Waals surface area contributed by atoms with Gasteiger partial charge in [0, 0.05) is 22.8 Å². The van der Waals surface area contributed by atoms with Crippen LogP contribution in [0.25, 0.3) is 22.3 Å². The van der Waals surface area contributed by atoms with Gasteiger partial charge in [0.2, 0.25) is 0 Å². The predicted octanol–water partition coefficient (Wildman–Crippen LogP) is 5.93. The average molecular weight is 395 g/mol. The van der Waals surface area contributed by atoms with Crippen molar-refractivity contribution in [2.45, 2.75) is 20.4 Å². The van der Waals surface area contributed by atoms with Crippen molar-refractivity contribution in [3.8, 4) is 17.0 Å². The third-order valence-corrected chi connectivity index (χ3v) is 4.43. The van der Waals surface area contributed by atoms with Crippen molar-refractivity contribution in [2.75, 3.05) is 12.4 Å². The van der Waals surface area contributed by atoms with E-state index in [0.29, 0.717) is 6.54 Å². The predicted molar refractivity (Wildman–Crippen MR) is 116 cm³/mol. The lowest BCUT2D eigenvalue weighted by atomic mass is 10.1. The summed E-state index contributed by atoms with van der Waals surface area (Å²) in [5, 5.41) is 5.04. The molecule has 0 fully saturated rings. The van der Waals surface area contributed by atoms with Crippen LogP contribution in [0.2, 0.25) is 5.02 Å². The quantitative estimate of drug-likeness (QED) is 0.440. The van der Waals surface area contributed by atoms with Gasteiger partial charge in [0.05, 0.1) is 12.5 Å². The minimum absolute atomic E-state index is 0.656. The fraction of sp³-hybridized carbons (Fsp3) is 0.182. The molecule has 0 aliphatic rings. The van der Waals surface area contributed by atoms with Crippen LogP contribution < -0.4 is 10.1 Å². The highest BCUT2D eigenvalue weighted by atomic mass is 35.5. The summed E-state index contributed by atoms with van der Waals surface area (Å²) in [7, 11) is 1.66. The fourth-order valence-corrected chi connectivity index (χ4v) is 2.94. The summed E-state index contributed by atoms with van der Waals surface area (Å²) in [6.45, 7) is 4.66. The van der Waals surface area contributed by atoms with Crippen molar-refractivity contribution < 1.29 is 4.74 Å². The first-order valence-corrected chi connectivity index (χ1v) is 9.57. The maximum atomic E-state index is 5.94. The van der Waals surface area contributed by atoms with E-state index in [2.05, 4.69) is 20.3 Å². The second kappa shape index (κ2) is 9.24. The van der Waals surface area contributed by atoms with E-state index in [1.54, 1.807) is 13.4 Å². The number of benzene rings is 2. The number of ether oxygens (including phenoxy) is 1. The molecule has 2 aromatic heterocycles. The monoisotopic (exact) mass is 394 g/mol. The summed E-state index contributed by atoms with van der Waals surface area (Å²) in [5.74, 6) is 1.60. The SMILES string of the molecule is CC.COc1cccc(-c2cc3c(NCc4ccc(Cl)cc4)ncnc3[nH]2)c1. The third-order valence-electron chi connectivity index (χ3n) is 4.18. The number of aromatic amines is 1. The highest BCUT2D eigenvalue weighted by molar-refractivity contribution is 6.30. The maximum Gasteiger partial charge on any atom is 0.143 e. The molecule has 0 aliphatic carbocycles. The first kappa shape index (κ1) is 19.7. The molecule has 0 spiro atoms. The molecule has 0 saturated carbocycles. The molecule has 0 unspecified atom stereocenters. The van der Waals surface area contributed by atoms with Crippen molar-refractivity contribution in [3.63, 3.8) is 0 Å². The van der Waals surface area contributed by atoms with E-state index in [4.69, 9.17) is 16.3 Å². The summed E-state index contributed by atoms with van der Waals surface area (Å²) >= 11 is 5.94. The van der Waals surface area contributed by atoms with Crippen LogP contribution in [0.4, 0.5) is 5.82 Å². The molecule has 28 heavy (non-hydrogen) atoms.